The highest BCUT2D eigenvalue weighted by atomic mass is 16.5. The quantitative estimate of drug-likeness (QED) is 0.225. The van der Waals surface area contributed by atoms with Gasteiger partial charge < -0.3 is 23.8 Å². The van der Waals surface area contributed by atoms with Crippen molar-refractivity contribution in [1.29, 1.82) is 0 Å². The lowest BCUT2D eigenvalue weighted by molar-refractivity contribution is -0.143. The molecule has 10 heteroatoms. The SMILES string of the molecule is COC(=O)C1=C(C)N=C(C)C(C(=O)OC)C1c1cccc(NC(=O)OCCCN2CCC(c3cccc(OC)c3)CC2)c1. The first kappa shape index (κ1) is 31.7. The average Bonchev–Trinajstić information content (AvgIpc) is 3.02. The maximum Gasteiger partial charge on any atom is 0.411 e. The third-order valence-electron chi connectivity index (χ3n) is 8.19. The molecule has 0 spiro atoms. The smallest absolute Gasteiger partial charge is 0.411 e. The molecule has 2 aliphatic rings. The zero-order valence-corrected chi connectivity index (χ0v) is 25.6. The number of hydrogen-bond donors (Lipinski definition) is 1. The first-order valence-corrected chi connectivity index (χ1v) is 14.6. The van der Waals surface area contributed by atoms with Crippen LogP contribution in [0.4, 0.5) is 10.5 Å². The molecule has 1 N–H and O–H groups in total. The number of piperidine rings is 1. The molecule has 1 amide bonds. The summed E-state index contributed by atoms with van der Waals surface area (Å²) in [6.07, 6.45) is 2.33. The van der Waals surface area contributed by atoms with Crippen molar-refractivity contribution in [3.05, 3.63) is 70.9 Å². The van der Waals surface area contributed by atoms with E-state index in [1.165, 1.54) is 19.8 Å². The van der Waals surface area contributed by atoms with E-state index in [-0.39, 0.29) is 5.57 Å². The number of methoxy groups -OCH3 is 3. The summed E-state index contributed by atoms with van der Waals surface area (Å²) in [5, 5.41) is 2.77. The van der Waals surface area contributed by atoms with E-state index in [9.17, 15) is 14.4 Å². The van der Waals surface area contributed by atoms with Crippen LogP contribution in [0.5, 0.6) is 5.75 Å². The molecule has 10 nitrogen and oxygen atoms in total. The van der Waals surface area contributed by atoms with Crippen molar-refractivity contribution >= 4 is 29.4 Å². The van der Waals surface area contributed by atoms with Crippen LogP contribution < -0.4 is 10.1 Å². The van der Waals surface area contributed by atoms with Crippen LogP contribution >= 0.6 is 0 Å². The molecule has 2 aliphatic heterocycles. The number of anilines is 1. The van der Waals surface area contributed by atoms with Gasteiger partial charge in [0.05, 0.1) is 33.5 Å². The zero-order chi connectivity index (χ0) is 30.9. The Hall–Kier alpha value is -4.18. The fourth-order valence-corrected chi connectivity index (χ4v) is 6.01. The van der Waals surface area contributed by atoms with Crippen LogP contribution in [-0.2, 0) is 23.8 Å². The minimum absolute atomic E-state index is 0.274. The van der Waals surface area contributed by atoms with Gasteiger partial charge in [0, 0.05) is 29.6 Å². The van der Waals surface area contributed by atoms with Gasteiger partial charge in [-0.25, -0.2) is 9.59 Å². The minimum Gasteiger partial charge on any atom is -0.497 e. The summed E-state index contributed by atoms with van der Waals surface area (Å²) in [4.78, 5) is 45.0. The van der Waals surface area contributed by atoms with Gasteiger partial charge in [-0.1, -0.05) is 24.3 Å². The monoisotopic (exact) mass is 591 g/mol. The number of amides is 1. The van der Waals surface area contributed by atoms with Crippen LogP contribution in [0.2, 0.25) is 0 Å². The Bertz CT molecular complexity index is 1380. The number of carbonyl (C=O) groups is 3. The van der Waals surface area contributed by atoms with Crippen LogP contribution in [0.3, 0.4) is 0 Å². The second kappa shape index (κ2) is 14.8. The van der Waals surface area contributed by atoms with E-state index < -0.39 is 29.9 Å². The molecular formula is C33H41N3O7. The second-order valence-corrected chi connectivity index (χ2v) is 10.9. The van der Waals surface area contributed by atoms with E-state index in [1.807, 2.05) is 12.1 Å². The molecule has 1 fully saturated rings. The van der Waals surface area contributed by atoms with E-state index in [1.54, 1.807) is 45.2 Å². The van der Waals surface area contributed by atoms with Gasteiger partial charge in [0.1, 0.15) is 11.7 Å². The zero-order valence-electron chi connectivity index (χ0n) is 25.6. The Morgan fingerprint density at radius 2 is 1.67 bits per heavy atom. The first-order valence-electron chi connectivity index (χ1n) is 14.6. The average molecular weight is 592 g/mol. The van der Waals surface area contributed by atoms with Gasteiger partial charge in [-0.15, -0.1) is 0 Å². The molecular weight excluding hydrogens is 550 g/mol. The molecule has 2 unspecified atom stereocenters. The van der Waals surface area contributed by atoms with Crippen LogP contribution in [0.25, 0.3) is 0 Å². The Kier molecular flexibility index (Phi) is 10.9. The van der Waals surface area contributed by atoms with E-state index in [0.29, 0.717) is 35.2 Å². The van der Waals surface area contributed by atoms with Crippen LogP contribution in [0.1, 0.15) is 56.1 Å². The molecule has 0 aliphatic carbocycles. The highest BCUT2D eigenvalue weighted by Crippen LogP contribution is 2.40. The number of allylic oxidation sites excluding steroid dienone is 1. The first-order chi connectivity index (χ1) is 20.7. The molecule has 0 saturated carbocycles. The second-order valence-electron chi connectivity index (χ2n) is 10.9. The lowest BCUT2D eigenvalue weighted by atomic mass is 9.75. The molecule has 2 aromatic rings. The van der Waals surface area contributed by atoms with E-state index >= 15 is 0 Å². The largest absolute Gasteiger partial charge is 0.497 e. The number of benzene rings is 2. The molecule has 2 heterocycles. The lowest BCUT2D eigenvalue weighted by Gasteiger charge is -2.32. The van der Waals surface area contributed by atoms with Crippen molar-refractivity contribution < 1.29 is 33.3 Å². The van der Waals surface area contributed by atoms with Gasteiger partial charge >= 0.3 is 18.0 Å². The Labute approximate surface area is 253 Å². The standard InChI is InChI=1S/C33H41N3O7/c1-21-28(31(37)41-4)30(29(22(2)34-21)32(38)42-5)25-10-6-11-26(19-25)35-33(39)43-18-8-15-36-16-13-23(14-17-36)24-9-7-12-27(20-24)40-3/h6-7,9-12,19-20,23,28,30H,8,13-18H2,1-5H3,(H,35,39). The van der Waals surface area contributed by atoms with E-state index in [2.05, 4.69) is 27.3 Å². The molecule has 43 heavy (non-hydrogen) atoms. The Morgan fingerprint density at radius 3 is 2.37 bits per heavy atom. The van der Waals surface area contributed by atoms with E-state index in [4.69, 9.17) is 18.9 Å². The van der Waals surface area contributed by atoms with Crippen molar-refractivity contribution in [1.82, 2.24) is 4.90 Å². The summed E-state index contributed by atoms with van der Waals surface area (Å²) in [5.74, 6) is -1.17. The number of nitrogens with zero attached hydrogens (tertiary/aromatic N) is 2. The fraction of sp³-hybridized carbons (Fsp3) is 0.455. The Morgan fingerprint density at radius 1 is 0.953 bits per heavy atom. The van der Waals surface area contributed by atoms with Gasteiger partial charge in [-0.2, -0.15) is 0 Å². The number of likely N-dealkylation sites (tertiary alicyclic amines) is 1. The summed E-state index contributed by atoms with van der Waals surface area (Å²) >= 11 is 0. The topological polar surface area (TPSA) is 116 Å². The van der Waals surface area contributed by atoms with E-state index in [0.717, 1.165) is 44.6 Å². The van der Waals surface area contributed by atoms with Crippen LogP contribution in [0.15, 0.2) is 64.8 Å². The van der Waals surface area contributed by atoms with Gasteiger partial charge in [0.15, 0.2) is 0 Å². The molecule has 230 valence electrons. The minimum atomic E-state index is -0.814. The molecule has 2 atom stereocenters. The predicted octanol–water partition coefficient (Wildman–Crippen LogP) is 5.31. The molecule has 1 saturated heterocycles. The Balaban J connectivity index is 1.30. The summed E-state index contributed by atoms with van der Waals surface area (Å²) in [6, 6.07) is 15.3. The number of esters is 2. The molecule has 2 aromatic carbocycles. The third kappa shape index (κ3) is 7.81. The molecule has 0 aromatic heterocycles. The number of nitrogens with one attached hydrogen (secondary N) is 1. The third-order valence-corrected chi connectivity index (χ3v) is 8.19. The summed E-state index contributed by atoms with van der Waals surface area (Å²) in [6.45, 7) is 6.58. The highest BCUT2D eigenvalue weighted by molar-refractivity contribution is 6.07. The normalized spacial score (nSPS) is 19.3. The van der Waals surface area contributed by atoms with Crippen molar-refractivity contribution in [3.8, 4) is 5.75 Å². The number of carbonyl (C=O) groups excluding carboxylic acids is 3. The summed E-state index contributed by atoms with van der Waals surface area (Å²) < 4.78 is 20.9. The van der Waals surface area contributed by atoms with Gasteiger partial charge in [-0.05, 0) is 87.5 Å². The number of ether oxygens (including phenoxy) is 4. The van der Waals surface area contributed by atoms with Crippen LogP contribution in [-0.4, -0.2) is 76.2 Å². The fourth-order valence-electron chi connectivity index (χ4n) is 6.01. The van der Waals surface area contributed by atoms with Crippen molar-refractivity contribution in [3.63, 3.8) is 0 Å². The van der Waals surface area contributed by atoms with Crippen molar-refractivity contribution in [2.45, 2.75) is 44.9 Å². The maximum atomic E-state index is 12.8. The molecule has 0 bridgehead atoms. The molecule has 4 rings (SSSR count). The number of rotatable bonds is 10. The lowest BCUT2D eigenvalue weighted by Crippen LogP contribution is -2.36. The van der Waals surface area contributed by atoms with Crippen molar-refractivity contribution in [2.75, 3.05) is 52.9 Å². The van der Waals surface area contributed by atoms with Gasteiger partial charge in [0.25, 0.3) is 0 Å². The van der Waals surface area contributed by atoms with Gasteiger partial charge in [0.2, 0.25) is 0 Å². The summed E-state index contributed by atoms with van der Waals surface area (Å²) in [7, 11) is 4.28. The number of hydrogen-bond acceptors (Lipinski definition) is 9. The van der Waals surface area contributed by atoms with Crippen LogP contribution in [0, 0.1) is 5.92 Å². The van der Waals surface area contributed by atoms with Gasteiger partial charge in [-0.3, -0.25) is 15.1 Å². The molecule has 0 radical (unpaired) electrons. The van der Waals surface area contributed by atoms with Crippen molar-refractivity contribution in [2.24, 2.45) is 10.9 Å². The predicted molar refractivity (Wildman–Crippen MR) is 164 cm³/mol. The highest BCUT2D eigenvalue weighted by Gasteiger charge is 2.42. The number of aliphatic imine (C=N–C) groups is 1. The maximum absolute atomic E-state index is 12.8. The summed E-state index contributed by atoms with van der Waals surface area (Å²) in [5.41, 5.74) is 3.72.